The van der Waals surface area contributed by atoms with E-state index in [0.717, 1.165) is 24.4 Å². The molecule has 0 atom stereocenters. The van der Waals surface area contributed by atoms with Crippen LogP contribution in [0.2, 0.25) is 0 Å². The molecule has 4 heteroatoms. The lowest BCUT2D eigenvalue weighted by atomic mass is 9.89. The van der Waals surface area contributed by atoms with Gasteiger partial charge in [-0.3, -0.25) is 0 Å². The monoisotopic (exact) mass is 221 g/mol. The minimum atomic E-state index is 0.325. The van der Waals surface area contributed by atoms with E-state index in [2.05, 4.69) is 29.1 Å². The van der Waals surface area contributed by atoms with Gasteiger partial charge < -0.3 is 10.1 Å². The molecular formula is C12H19N3O. The van der Waals surface area contributed by atoms with Gasteiger partial charge in [-0.2, -0.15) is 0 Å². The van der Waals surface area contributed by atoms with Crippen molar-refractivity contribution in [2.75, 3.05) is 7.05 Å². The van der Waals surface area contributed by atoms with Crippen molar-refractivity contribution in [3.63, 3.8) is 0 Å². The molecule has 1 aliphatic carbocycles. The average Bonchev–Trinajstić information content (AvgIpc) is 2.23. The lowest BCUT2D eigenvalue weighted by molar-refractivity contribution is 0.0876. The van der Waals surface area contributed by atoms with Gasteiger partial charge in [0.2, 0.25) is 0 Å². The Morgan fingerprint density at radius 3 is 2.44 bits per heavy atom. The van der Waals surface area contributed by atoms with Crippen LogP contribution in [0.4, 0.5) is 0 Å². The third-order valence-corrected chi connectivity index (χ3v) is 2.97. The summed E-state index contributed by atoms with van der Waals surface area (Å²) in [4.78, 5) is 8.55. The largest absolute Gasteiger partial charge is 0.487 e. The second-order valence-corrected chi connectivity index (χ2v) is 4.63. The first-order valence-corrected chi connectivity index (χ1v) is 5.85. The minimum absolute atomic E-state index is 0.325. The Labute approximate surface area is 96.4 Å². The normalized spacial score (nSPS) is 24.2. The minimum Gasteiger partial charge on any atom is -0.487 e. The van der Waals surface area contributed by atoms with Crippen molar-refractivity contribution in [3.05, 3.63) is 18.2 Å². The lowest BCUT2D eigenvalue weighted by Crippen LogP contribution is -2.45. The number of aromatic nitrogens is 2. The van der Waals surface area contributed by atoms with Gasteiger partial charge in [0.1, 0.15) is 11.9 Å². The van der Waals surface area contributed by atoms with Crippen molar-refractivity contribution >= 4 is 0 Å². The molecule has 0 saturated heterocycles. The fourth-order valence-electron chi connectivity index (χ4n) is 1.78. The van der Waals surface area contributed by atoms with Crippen molar-refractivity contribution in [2.24, 2.45) is 0 Å². The second kappa shape index (κ2) is 4.78. The predicted molar refractivity (Wildman–Crippen MR) is 62.6 cm³/mol. The maximum atomic E-state index is 5.75. The van der Waals surface area contributed by atoms with Gasteiger partial charge in [0.25, 0.3) is 0 Å². The van der Waals surface area contributed by atoms with Crippen LogP contribution in [0.3, 0.4) is 0 Å². The number of rotatable bonds is 4. The average molecular weight is 221 g/mol. The van der Waals surface area contributed by atoms with Gasteiger partial charge in [0.05, 0.1) is 12.4 Å². The fourth-order valence-corrected chi connectivity index (χ4v) is 1.78. The molecule has 16 heavy (non-hydrogen) atoms. The lowest BCUT2D eigenvalue weighted by Gasteiger charge is -2.34. The number of hydrogen-bond acceptors (Lipinski definition) is 4. The molecule has 0 bridgehead atoms. The molecule has 4 nitrogen and oxygen atoms in total. The molecular weight excluding hydrogens is 202 g/mol. The maximum absolute atomic E-state index is 5.75. The van der Waals surface area contributed by atoms with E-state index in [-0.39, 0.29) is 0 Å². The van der Waals surface area contributed by atoms with E-state index >= 15 is 0 Å². The fraction of sp³-hybridized carbons (Fsp3) is 0.667. The summed E-state index contributed by atoms with van der Waals surface area (Å²) in [5.74, 6) is 2.02. The van der Waals surface area contributed by atoms with Crippen LogP contribution in [0.5, 0.6) is 5.75 Å². The summed E-state index contributed by atoms with van der Waals surface area (Å²) in [6.07, 6.45) is 6.01. The summed E-state index contributed by atoms with van der Waals surface area (Å²) >= 11 is 0. The highest BCUT2D eigenvalue weighted by molar-refractivity contribution is 5.14. The van der Waals surface area contributed by atoms with Gasteiger partial charge in [-0.05, 0) is 19.9 Å². The predicted octanol–water partition coefficient (Wildman–Crippen LogP) is 1.73. The Balaban J connectivity index is 1.86. The highest BCUT2D eigenvalue weighted by atomic mass is 16.5. The van der Waals surface area contributed by atoms with Crippen molar-refractivity contribution in [1.29, 1.82) is 0 Å². The van der Waals surface area contributed by atoms with Gasteiger partial charge in [-0.25, -0.2) is 9.97 Å². The van der Waals surface area contributed by atoms with Crippen molar-refractivity contribution < 1.29 is 4.74 Å². The van der Waals surface area contributed by atoms with E-state index in [1.54, 1.807) is 12.4 Å². The molecule has 1 N–H and O–H groups in total. The molecule has 0 aliphatic heterocycles. The van der Waals surface area contributed by atoms with Gasteiger partial charge in [0, 0.05) is 12.0 Å². The molecule has 88 valence electrons. The Bertz CT molecular complexity index is 331. The van der Waals surface area contributed by atoms with Crippen LogP contribution < -0.4 is 10.1 Å². The Morgan fingerprint density at radius 1 is 1.31 bits per heavy atom. The summed E-state index contributed by atoms with van der Waals surface area (Å²) in [7, 11) is 1.99. The summed E-state index contributed by atoms with van der Waals surface area (Å²) in [6, 6.07) is 0.612. The van der Waals surface area contributed by atoms with Crippen LogP contribution >= 0.6 is 0 Å². The van der Waals surface area contributed by atoms with Crippen LogP contribution in [-0.2, 0) is 0 Å². The molecule has 0 aromatic carbocycles. The van der Waals surface area contributed by atoms with Gasteiger partial charge >= 0.3 is 0 Å². The van der Waals surface area contributed by atoms with Gasteiger partial charge in [-0.15, -0.1) is 0 Å². The third kappa shape index (κ3) is 2.50. The van der Waals surface area contributed by atoms with Gasteiger partial charge in [0.15, 0.2) is 5.75 Å². The Kier molecular flexibility index (Phi) is 3.39. The third-order valence-electron chi connectivity index (χ3n) is 2.97. The zero-order valence-electron chi connectivity index (χ0n) is 10.1. The molecule has 1 aromatic rings. The molecule has 1 aliphatic rings. The summed E-state index contributed by atoms with van der Waals surface area (Å²) in [5, 5.41) is 3.23. The van der Waals surface area contributed by atoms with Crippen LogP contribution in [0.25, 0.3) is 0 Å². The van der Waals surface area contributed by atoms with E-state index in [9.17, 15) is 0 Å². The van der Waals surface area contributed by atoms with E-state index < -0.39 is 0 Å². The molecule has 1 saturated carbocycles. The van der Waals surface area contributed by atoms with E-state index in [1.165, 1.54) is 0 Å². The van der Waals surface area contributed by atoms with Crippen LogP contribution in [0.1, 0.15) is 38.4 Å². The number of ether oxygens (including phenoxy) is 1. The first-order chi connectivity index (χ1) is 7.69. The first-order valence-electron chi connectivity index (χ1n) is 5.85. The molecule has 2 rings (SSSR count). The highest BCUT2D eigenvalue weighted by Crippen LogP contribution is 2.25. The first kappa shape index (κ1) is 11.3. The Morgan fingerprint density at radius 2 is 1.94 bits per heavy atom. The summed E-state index contributed by atoms with van der Waals surface area (Å²) in [6.45, 7) is 4.17. The quantitative estimate of drug-likeness (QED) is 0.841. The summed E-state index contributed by atoms with van der Waals surface area (Å²) in [5.41, 5.74) is 0. The topological polar surface area (TPSA) is 47.0 Å². The molecule has 0 spiro atoms. The SMILES string of the molecule is CNC1CC(Oc2cnc(C(C)C)nc2)C1. The van der Waals surface area contributed by atoms with E-state index in [0.29, 0.717) is 18.1 Å². The number of hydrogen-bond donors (Lipinski definition) is 1. The van der Waals surface area contributed by atoms with Crippen LogP contribution in [0.15, 0.2) is 12.4 Å². The van der Waals surface area contributed by atoms with E-state index in [1.807, 2.05) is 7.05 Å². The molecule has 1 heterocycles. The number of nitrogens with zero attached hydrogens (tertiary/aromatic N) is 2. The van der Waals surface area contributed by atoms with Crippen molar-refractivity contribution in [1.82, 2.24) is 15.3 Å². The smallest absolute Gasteiger partial charge is 0.156 e. The number of nitrogens with one attached hydrogen (secondary N) is 1. The van der Waals surface area contributed by atoms with Crippen LogP contribution in [-0.4, -0.2) is 29.2 Å². The second-order valence-electron chi connectivity index (χ2n) is 4.63. The molecule has 1 fully saturated rings. The highest BCUT2D eigenvalue weighted by Gasteiger charge is 2.29. The molecule has 0 unspecified atom stereocenters. The summed E-state index contributed by atoms with van der Waals surface area (Å²) < 4.78 is 5.75. The molecule has 1 aromatic heterocycles. The van der Waals surface area contributed by atoms with Crippen LogP contribution in [0, 0.1) is 0 Å². The van der Waals surface area contributed by atoms with Crippen molar-refractivity contribution in [3.8, 4) is 5.75 Å². The van der Waals surface area contributed by atoms with Crippen molar-refractivity contribution in [2.45, 2.75) is 44.8 Å². The maximum Gasteiger partial charge on any atom is 0.156 e. The molecule has 0 amide bonds. The van der Waals surface area contributed by atoms with Gasteiger partial charge in [-0.1, -0.05) is 13.8 Å². The zero-order valence-corrected chi connectivity index (χ0v) is 10.1. The van der Waals surface area contributed by atoms with E-state index in [4.69, 9.17) is 4.74 Å². The standard InChI is InChI=1S/C12H19N3O/c1-8(2)12-14-6-11(7-15-12)16-10-4-9(5-10)13-3/h6-10,13H,4-5H2,1-3H3. The molecule has 0 radical (unpaired) electrons. The Hall–Kier alpha value is -1.16. The zero-order chi connectivity index (χ0) is 11.5.